The molecule has 0 spiro atoms. The van der Waals surface area contributed by atoms with E-state index in [1.807, 2.05) is 6.07 Å². The lowest BCUT2D eigenvalue weighted by atomic mass is 10.0. The zero-order valence-corrected chi connectivity index (χ0v) is 7.97. The first-order valence-electron chi connectivity index (χ1n) is 4.12. The average Bonchev–Trinajstić information content (AvgIpc) is 2.27. The minimum absolute atomic E-state index is 0.00134. The van der Waals surface area contributed by atoms with Crippen LogP contribution < -0.4 is 0 Å². The van der Waals surface area contributed by atoms with E-state index in [0.717, 1.165) is 0 Å². The molecular formula is C10H4N4O2. The highest BCUT2D eigenvalue weighted by molar-refractivity contribution is 5.60. The summed E-state index contributed by atoms with van der Waals surface area (Å²) in [7, 11) is 0. The molecule has 1 aromatic carbocycles. The van der Waals surface area contributed by atoms with Crippen molar-refractivity contribution in [3.63, 3.8) is 0 Å². The Morgan fingerprint density at radius 2 is 1.69 bits per heavy atom. The summed E-state index contributed by atoms with van der Waals surface area (Å²) < 4.78 is 0. The number of nitro groups is 1. The summed E-state index contributed by atoms with van der Waals surface area (Å²) in [6.45, 7) is 0. The third-order valence-corrected chi connectivity index (χ3v) is 1.88. The predicted octanol–water partition coefficient (Wildman–Crippen LogP) is 1.40. The van der Waals surface area contributed by atoms with E-state index in [0.29, 0.717) is 5.56 Å². The fraction of sp³-hybridized carbons (Fsp3) is 0.100. The Bertz CT molecular complexity index is 537. The number of nitriles is 3. The summed E-state index contributed by atoms with van der Waals surface area (Å²) in [5.74, 6) is 0. The van der Waals surface area contributed by atoms with Crippen molar-refractivity contribution in [1.29, 1.82) is 15.8 Å². The summed E-state index contributed by atoms with van der Waals surface area (Å²) in [4.78, 5) is 9.90. The quantitative estimate of drug-likeness (QED) is 0.542. The summed E-state index contributed by atoms with van der Waals surface area (Å²) in [6.07, 6.45) is 0.00134. The summed E-state index contributed by atoms with van der Waals surface area (Å²) in [5, 5.41) is 36.6. The van der Waals surface area contributed by atoms with Gasteiger partial charge in [0.25, 0.3) is 0 Å². The van der Waals surface area contributed by atoms with Crippen LogP contribution >= 0.6 is 0 Å². The van der Waals surface area contributed by atoms with Gasteiger partial charge in [0.1, 0.15) is 23.3 Å². The SMILES string of the molecule is N#CCc1cc(C#N)c([N+](=O)[O-])c(C#N)c1. The van der Waals surface area contributed by atoms with Crippen LogP contribution in [0.5, 0.6) is 0 Å². The second-order valence-electron chi connectivity index (χ2n) is 2.86. The Kier molecular flexibility index (Phi) is 3.17. The molecule has 0 heterocycles. The summed E-state index contributed by atoms with van der Waals surface area (Å²) in [5.41, 5.74) is -0.489. The van der Waals surface area contributed by atoms with E-state index in [1.54, 1.807) is 12.1 Å². The van der Waals surface area contributed by atoms with Crippen LogP contribution in [0.4, 0.5) is 5.69 Å². The first-order valence-corrected chi connectivity index (χ1v) is 4.12. The van der Waals surface area contributed by atoms with Crippen LogP contribution in [0.25, 0.3) is 0 Å². The molecule has 0 fully saturated rings. The topological polar surface area (TPSA) is 115 Å². The van der Waals surface area contributed by atoms with Gasteiger partial charge in [-0.05, 0) is 17.7 Å². The zero-order valence-electron chi connectivity index (χ0n) is 7.97. The molecule has 16 heavy (non-hydrogen) atoms. The molecule has 76 valence electrons. The van der Waals surface area contributed by atoms with Gasteiger partial charge in [0.05, 0.1) is 17.4 Å². The Morgan fingerprint density at radius 3 is 2.00 bits per heavy atom. The first-order chi connectivity index (χ1) is 7.63. The lowest BCUT2D eigenvalue weighted by molar-refractivity contribution is -0.385. The van der Waals surface area contributed by atoms with Gasteiger partial charge < -0.3 is 0 Å². The number of nitrogens with zero attached hydrogens (tertiary/aromatic N) is 4. The molecule has 0 aromatic heterocycles. The highest BCUT2D eigenvalue weighted by Gasteiger charge is 2.20. The van der Waals surface area contributed by atoms with Crippen molar-refractivity contribution >= 4 is 5.69 Å². The summed E-state index contributed by atoms with van der Waals surface area (Å²) >= 11 is 0. The van der Waals surface area contributed by atoms with E-state index in [2.05, 4.69) is 0 Å². The van der Waals surface area contributed by atoms with E-state index >= 15 is 0 Å². The zero-order chi connectivity index (χ0) is 12.1. The minimum atomic E-state index is -0.771. The molecule has 0 N–H and O–H groups in total. The number of nitro benzene ring substituents is 1. The molecule has 0 amide bonds. The molecule has 6 nitrogen and oxygen atoms in total. The van der Waals surface area contributed by atoms with Gasteiger partial charge in [0.2, 0.25) is 0 Å². The van der Waals surface area contributed by atoms with E-state index in [4.69, 9.17) is 15.8 Å². The number of benzene rings is 1. The Labute approximate surface area is 90.7 Å². The van der Waals surface area contributed by atoms with Crippen molar-refractivity contribution in [1.82, 2.24) is 0 Å². The second kappa shape index (κ2) is 4.54. The third-order valence-electron chi connectivity index (χ3n) is 1.88. The number of hydrogen-bond acceptors (Lipinski definition) is 5. The van der Waals surface area contributed by atoms with Gasteiger partial charge in [0.15, 0.2) is 0 Å². The van der Waals surface area contributed by atoms with Crippen molar-refractivity contribution < 1.29 is 4.92 Å². The number of rotatable bonds is 2. The minimum Gasteiger partial charge on any atom is -0.258 e. The molecule has 0 aliphatic rings. The molecule has 0 atom stereocenters. The summed E-state index contributed by atoms with van der Waals surface area (Å²) in [6, 6.07) is 7.65. The van der Waals surface area contributed by atoms with Gasteiger partial charge in [-0.15, -0.1) is 0 Å². The largest absolute Gasteiger partial charge is 0.304 e. The highest BCUT2D eigenvalue weighted by atomic mass is 16.6. The van der Waals surface area contributed by atoms with E-state index in [-0.39, 0.29) is 17.5 Å². The van der Waals surface area contributed by atoms with E-state index < -0.39 is 10.6 Å². The van der Waals surface area contributed by atoms with Crippen molar-refractivity contribution in [2.24, 2.45) is 0 Å². The standard InChI is InChI=1S/C10H4N4O2/c11-2-1-7-3-8(5-12)10(14(15)16)9(4-7)6-13/h3-4H,1H2. The third kappa shape index (κ3) is 1.95. The molecular weight excluding hydrogens is 208 g/mol. The predicted molar refractivity (Wildman–Crippen MR) is 51.8 cm³/mol. The fourth-order valence-electron chi connectivity index (χ4n) is 1.25. The maximum atomic E-state index is 10.7. The Hall–Kier alpha value is -2.91. The molecule has 0 aliphatic heterocycles. The first kappa shape index (κ1) is 11.2. The normalized spacial score (nSPS) is 8.56. The molecule has 0 radical (unpaired) electrons. The van der Waals surface area contributed by atoms with Crippen LogP contribution in [0.1, 0.15) is 16.7 Å². The van der Waals surface area contributed by atoms with Gasteiger partial charge in [-0.25, -0.2) is 0 Å². The molecule has 0 aliphatic carbocycles. The smallest absolute Gasteiger partial charge is 0.258 e. The Morgan fingerprint density at radius 1 is 1.19 bits per heavy atom. The van der Waals surface area contributed by atoms with E-state index in [9.17, 15) is 10.1 Å². The maximum absolute atomic E-state index is 10.7. The Balaban J connectivity index is 3.54. The van der Waals surface area contributed by atoms with Gasteiger partial charge >= 0.3 is 5.69 Å². The lowest BCUT2D eigenvalue weighted by Gasteiger charge is -2.00. The van der Waals surface area contributed by atoms with Gasteiger partial charge in [-0.1, -0.05) is 0 Å². The molecule has 6 heteroatoms. The highest BCUT2D eigenvalue weighted by Crippen LogP contribution is 2.24. The van der Waals surface area contributed by atoms with Crippen molar-refractivity contribution in [2.45, 2.75) is 6.42 Å². The molecule has 0 saturated heterocycles. The van der Waals surface area contributed by atoms with Crippen LogP contribution in [-0.4, -0.2) is 4.92 Å². The average molecular weight is 212 g/mol. The van der Waals surface area contributed by atoms with Crippen molar-refractivity contribution in [3.8, 4) is 18.2 Å². The van der Waals surface area contributed by atoms with Crippen LogP contribution in [0.3, 0.4) is 0 Å². The number of hydrogen-bond donors (Lipinski definition) is 0. The molecule has 0 unspecified atom stereocenters. The van der Waals surface area contributed by atoms with Crippen LogP contribution in [0.15, 0.2) is 12.1 Å². The molecule has 0 saturated carbocycles. The van der Waals surface area contributed by atoms with Gasteiger partial charge in [0, 0.05) is 0 Å². The fourth-order valence-corrected chi connectivity index (χ4v) is 1.25. The van der Waals surface area contributed by atoms with Crippen LogP contribution in [0.2, 0.25) is 0 Å². The van der Waals surface area contributed by atoms with E-state index in [1.165, 1.54) is 12.1 Å². The monoisotopic (exact) mass is 212 g/mol. The second-order valence-corrected chi connectivity index (χ2v) is 2.86. The molecule has 0 bridgehead atoms. The van der Waals surface area contributed by atoms with Crippen molar-refractivity contribution in [3.05, 3.63) is 38.9 Å². The molecule has 1 rings (SSSR count). The van der Waals surface area contributed by atoms with Gasteiger partial charge in [-0.3, -0.25) is 10.1 Å². The molecule has 1 aromatic rings. The lowest BCUT2D eigenvalue weighted by Crippen LogP contribution is -1.98. The maximum Gasteiger partial charge on any atom is 0.304 e. The van der Waals surface area contributed by atoms with Crippen LogP contribution in [0, 0.1) is 44.1 Å². The van der Waals surface area contributed by atoms with Crippen LogP contribution in [-0.2, 0) is 6.42 Å². The van der Waals surface area contributed by atoms with Gasteiger partial charge in [-0.2, -0.15) is 15.8 Å². The van der Waals surface area contributed by atoms with Crippen molar-refractivity contribution in [2.75, 3.05) is 0 Å².